The highest BCUT2D eigenvalue weighted by Crippen LogP contribution is 2.35. The van der Waals surface area contributed by atoms with Crippen LogP contribution in [0.25, 0.3) is 0 Å². The van der Waals surface area contributed by atoms with E-state index in [-0.39, 0.29) is 28.4 Å². The first kappa shape index (κ1) is 23.1. The van der Waals surface area contributed by atoms with Gasteiger partial charge in [-0.1, -0.05) is 54.6 Å². The molecule has 33 heavy (non-hydrogen) atoms. The minimum absolute atomic E-state index is 0.111. The van der Waals surface area contributed by atoms with Gasteiger partial charge >= 0.3 is 0 Å². The molecule has 0 bridgehead atoms. The fraction of sp³-hybridized carbons (Fsp3) is 0.296. The van der Waals surface area contributed by atoms with Crippen molar-refractivity contribution >= 4 is 15.7 Å². The summed E-state index contributed by atoms with van der Waals surface area (Å²) < 4.78 is 30.2. The summed E-state index contributed by atoms with van der Waals surface area (Å²) in [6.45, 7) is 4.77. The van der Waals surface area contributed by atoms with Gasteiger partial charge in [0.1, 0.15) is 5.75 Å². The van der Waals surface area contributed by atoms with E-state index >= 15 is 0 Å². The molecule has 1 unspecified atom stereocenters. The van der Waals surface area contributed by atoms with Gasteiger partial charge < -0.3 is 9.64 Å². The topological polar surface area (TPSA) is 63.7 Å². The zero-order valence-corrected chi connectivity index (χ0v) is 20.0. The molecule has 4 rings (SSSR count). The summed E-state index contributed by atoms with van der Waals surface area (Å²) in [7, 11) is -3.46. The molecule has 0 saturated carbocycles. The van der Waals surface area contributed by atoms with E-state index in [0.717, 1.165) is 18.2 Å². The first-order valence-corrected chi connectivity index (χ1v) is 13.1. The van der Waals surface area contributed by atoms with Gasteiger partial charge in [-0.15, -0.1) is 0 Å². The van der Waals surface area contributed by atoms with Crippen molar-refractivity contribution in [3.05, 3.63) is 95.1 Å². The Labute approximate surface area is 195 Å². The standard InChI is InChI=1S/C27H29NO4S/c1-19(2)32-26-14-13-22(33(3,30)31)17-25(26)27(29)28-16-15-24(20-9-5-4-6-10-20)23-12-8-7-11-21(23)18-28/h4-14,17,19,24H,15-16,18H2,1-3H3. The lowest BCUT2D eigenvalue weighted by molar-refractivity contribution is 0.0738. The summed E-state index contributed by atoms with van der Waals surface area (Å²) >= 11 is 0. The molecule has 5 nitrogen and oxygen atoms in total. The van der Waals surface area contributed by atoms with Gasteiger partial charge in [0.15, 0.2) is 9.84 Å². The largest absolute Gasteiger partial charge is 0.490 e. The highest BCUT2D eigenvalue weighted by molar-refractivity contribution is 7.90. The molecule has 1 aliphatic heterocycles. The van der Waals surface area contributed by atoms with E-state index in [2.05, 4.69) is 24.3 Å². The molecule has 1 amide bonds. The molecule has 172 valence electrons. The Balaban J connectivity index is 1.73. The van der Waals surface area contributed by atoms with Gasteiger partial charge in [-0.2, -0.15) is 0 Å². The highest BCUT2D eigenvalue weighted by atomic mass is 32.2. The zero-order chi connectivity index (χ0) is 23.6. The number of ether oxygens (including phenoxy) is 1. The number of sulfone groups is 1. The fourth-order valence-corrected chi connectivity index (χ4v) is 5.03. The van der Waals surface area contributed by atoms with Gasteiger partial charge in [0.2, 0.25) is 0 Å². The predicted molar refractivity (Wildman–Crippen MR) is 129 cm³/mol. The van der Waals surface area contributed by atoms with Gasteiger partial charge in [0.25, 0.3) is 5.91 Å². The summed E-state index contributed by atoms with van der Waals surface area (Å²) in [6.07, 6.45) is 1.78. The number of fused-ring (bicyclic) bond motifs is 1. The number of hydrogen-bond donors (Lipinski definition) is 0. The summed E-state index contributed by atoms with van der Waals surface area (Å²) in [6, 6.07) is 23.1. The third-order valence-corrected chi connectivity index (χ3v) is 7.05. The second-order valence-corrected chi connectivity index (χ2v) is 10.8. The number of carbonyl (C=O) groups excluding carboxylic acids is 1. The number of hydrogen-bond acceptors (Lipinski definition) is 4. The molecule has 0 aromatic heterocycles. The Kier molecular flexibility index (Phi) is 6.56. The molecule has 1 heterocycles. The second kappa shape index (κ2) is 9.40. The average Bonchev–Trinajstić information content (AvgIpc) is 2.98. The molecule has 1 atom stereocenters. The van der Waals surface area contributed by atoms with E-state index in [1.165, 1.54) is 23.3 Å². The molecule has 0 aliphatic carbocycles. The number of carbonyl (C=O) groups is 1. The van der Waals surface area contributed by atoms with Gasteiger partial charge in [0, 0.05) is 25.3 Å². The van der Waals surface area contributed by atoms with Crippen molar-refractivity contribution in [2.75, 3.05) is 12.8 Å². The van der Waals surface area contributed by atoms with Crippen LogP contribution in [0, 0.1) is 0 Å². The average molecular weight is 464 g/mol. The van der Waals surface area contributed by atoms with Crippen molar-refractivity contribution < 1.29 is 17.9 Å². The van der Waals surface area contributed by atoms with E-state index in [0.29, 0.717) is 18.8 Å². The molecule has 0 spiro atoms. The Bertz CT molecular complexity index is 1250. The van der Waals surface area contributed by atoms with Gasteiger partial charge in [-0.3, -0.25) is 4.79 Å². The molecule has 0 N–H and O–H groups in total. The quantitative estimate of drug-likeness (QED) is 0.531. The van der Waals surface area contributed by atoms with Crippen LogP contribution < -0.4 is 4.74 Å². The fourth-order valence-electron chi connectivity index (χ4n) is 4.38. The smallest absolute Gasteiger partial charge is 0.257 e. The maximum absolute atomic E-state index is 13.7. The van der Waals surface area contributed by atoms with Crippen LogP contribution in [0.2, 0.25) is 0 Å². The molecule has 1 aliphatic rings. The molecular weight excluding hydrogens is 434 g/mol. The van der Waals surface area contributed by atoms with Crippen molar-refractivity contribution in [1.82, 2.24) is 4.90 Å². The molecule has 0 saturated heterocycles. The zero-order valence-electron chi connectivity index (χ0n) is 19.2. The lowest BCUT2D eigenvalue weighted by atomic mass is 9.87. The van der Waals surface area contributed by atoms with Crippen LogP contribution in [0.4, 0.5) is 0 Å². The number of amides is 1. The molecule has 0 fully saturated rings. The van der Waals surface area contributed by atoms with Crippen LogP contribution in [0.15, 0.2) is 77.7 Å². The second-order valence-electron chi connectivity index (χ2n) is 8.77. The first-order chi connectivity index (χ1) is 15.7. The molecule has 3 aromatic carbocycles. The van der Waals surface area contributed by atoms with E-state index in [1.54, 1.807) is 11.0 Å². The Morgan fingerprint density at radius 2 is 1.70 bits per heavy atom. The van der Waals surface area contributed by atoms with Crippen LogP contribution >= 0.6 is 0 Å². The van der Waals surface area contributed by atoms with Gasteiger partial charge in [0.05, 0.1) is 16.6 Å². The van der Waals surface area contributed by atoms with Crippen LogP contribution in [-0.2, 0) is 16.4 Å². The SMILES string of the molecule is CC(C)Oc1ccc(S(C)(=O)=O)cc1C(=O)N1CCC(c2ccccc2)c2ccccc2C1. The minimum Gasteiger partial charge on any atom is -0.490 e. The Morgan fingerprint density at radius 1 is 1.00 bits per heavy atom. The van der Waals surface area contributed by atoms with Crippen molar-refractivity contribution in [3.8, 4) is 5.75 Å². The van der Waals surface area contributed by atoms with Crippen molar-refractivity contribution in [1.29, 1.82) is 0 Å². The monoisotopic (exact) mass is 463 g/mol. The van der Waals surface area contributed by atoms with Crippen LogP contribution in [-0.4, -0.2) is 38.1 Å². The summed E-state index contributed by atoms with van der Waals surface area (Å²) in [5.41, 5.74) is 3.83. The van der Waals surface area contributed by atoms with Crippen molar-refractivity contribution in [3.63, 3.8) is 0 Å². The number of rotatable bonds is 5. The van der Waals surface area contributed by atoms with E-state index in [1.807, 2.05) is 44.2 Å². The van der Waals surface area contributed by atoms with Gasteiger partial charge in [-0.05, 0) is 55.2 Å². The van der Waals surface area contributed by atoms with Crippen molar-refractivity contribution in [2.24, 2.45) is 0 Å². The lowest BCUT2D eigenvalue weighted by Gasteiger charge is -2.23. The van der Waals surface area contributed by atoms with Crippen LogP contribution in [0.5, 0.6) is 5.75 Å². The molecule has 3 aromatic rings. The minimum atomic E-state index is -3.46. The van der Waals surface area contributed by atoms with Crippen LogP contribution in [0.3, 0.4) is 0 Å². The summed E-state index contributed by atoms with van der Waals surface area (Å²) in [4.78, 5) is 15.7. The lowest BCUT2D eigenvalue weighted by Crippen LogP contribution is -2.31. The Hall–Kier alpha value is -3.12. The maximum Gasteiger partial charge on any atom is 0.257 e. The molecular formula is C27H29NO4S. The number of benzene rings is 3. The maximum atomic E-state index is 13.7. The summed E-state index contributed by atoms with van der Waals surface area (Å²) in [5.74, 6) is 0.369. The van der Waals surface area contributed by atoms with E-state index < -0.39 is 9.84 Å². The third-order valence-electron chi connectivity index (χ3n) is 5.94. The third kappa shape index (κ3) is 5.11. The van der Waals surface area contributed by atoms with Gasteiger partial charge in [-0.25, -0.2) is 8.42 Å². The predicted octanol–water partition coefficient (Wildman–Crippen LogP) is 5.06. The van der Waals surface area contributed by atoms with E-state index in [4.69, 9.17) is 4.74 Å². The summed E-state index contributed by atoms with van der Waals surface area (Å²) in [5, 5.41) is 0. The van der Waals surface area contributed by atoms with Crippen molar-refractivity contribution in [2.45, 2.75) is 43.7 Å². The highest BCUT2D eigenvalue weighted by Gasteiger charge is 2.28. The first-order valence-electron chi connectivity index (χ1n) is 11.2. The van der Waals surface area contributed by atoms with E-state index in [9.17, 15) is 13.2 Å². The Morgan fingerprint density at radius 3 is 2.39 bits per heavy atom. The number of nitrogens with zero attached hydrogens (tertiary/aromatic N) is 1. The van der Waals surface area contributed by atoms with Crippen LogP contribution in [0.1, 0.15) is 53.2 Å². The molecule has 6 heteroatoms. The molecule has 0 radical (unpaired) electrons. The normalized spacial score (nSPS) is 16.2.